The quantitative estimate of drug-likeness (QED) is 0.0407. The number of hydrogen-bond donors (Lipinski definition) is 3. The Kier molecular flexibility index (Phi) is 33.1. The lowest BCUT2D eigenvalue weighted by molar-refractivity contribution is -0.128. The number of rotatable bonds is 32. The predicted octanol–water partition coefficient (Wildman–Crippen LogP) is 10.4. The first-order chi connectivity index (χ1) is 21.1. The molecule has 0 spiro atoms. The molecule has 1 unspecified atom stereocenters. The van der Waals surface area contributed by atoms with Gasteiger partial charge in [-0.2, -0.15) is 0 Å². The molecule has 250 valence electrons. The molecule has 0 fully saturated rings. The number of carbonyl (C=O) groups excluding carboxylic acids is 2. The van der Waals surface area contributed by atoms with E-state index < -0.39 is 6.17 Å². The Balaban J connectivity index is 3.50. The van der Waals surface area contributed by atoms with Crippen molar-refractivity contribution in [3.63, 3.8) is 0 Å². The van der Waals surface area contributed by atoms with Gasteiger partial charge in [0.15, 0.2) is 6.17 Å². The Labute approximate surface area is 267 Å². The normalized spacial score (nSPS) is 12.5. The average molecular weight is 602 g/mol. The third-order valence-corrected chi connectivity index (χ3v) is 7.94. The second-order valence-corrected chi connectivity index (χ2v) is 12.3. The lowest BCUT2D eigenvalue weighted by atomic mass is 10.1. The molecular weight excluding hydrogens is 530 g/mol. The van der Waals surface area contributed by atoms with Crippen molar-refractivity contribution in [3.8, 4) is 0 Å². The predicted molar refractivity (Wildman–Crippen MR) is 188 cm³/mol. The van der Waals surface area contributed by atoms with Crippen LogP contribution in [0.5, 0.6) is 0 Å². The molecule has 0 aromatic heterocycles. The fraction of sp³-hybridized carbons (Fsp3) is 0.789. The molecule has 5 nitrogen and oxygen atoms in total. The number of hydrogen-bond acceptors (Lipinski definition) is 3. The van der Waals surface area contributed by atoms with Crippen molar-refractivity contribution in [2.45, 2.75) is 187 Å². The molecule has 0 saturated carbocycles. The smallest absolute Gasteiger partial charge is 0.257 e. The molecule has 43 heavy (non-hydrogen) atoms. The van der Waals surface area contributed by atoms with E-state index >= 15 is 0 Å². The molecule has 0 rings (SSSR count). The van der Waals surface area contributed by atoms with E-state index in [0.717, 1.165) is 44.9 Å². The number of unbranched alkanes of at least 4 members (excludes halogenated alkanes) is 20. The number of amides is 2. The highest BCUT2D eigenvalue weighted by Crippen LogP contribution is 2.10. The van der Waals surface area contributed by atoms with Gasteiger partial charge in [0.05, 0.1) is 0 Å². The first-order valence-corrected chi connectivity index (χ1v) is 18.4. The fourth-order valence-corrected chi connectivity index (χ4v) is 5.10. The largest absolute Gasteiger partial charge is 0.353 e. The Hall–Kier alpha value is -1.88. The molecule has 0 radical (unpaired) electrons. The molecular formula is C38H71N3O2. The summed E-state index contributed by atoms with van der Waals surface area (Å²) in [5.74, 6) is -0.424. The van der Waals surface area contributed by atoms with Crippen LogP contribution in [0.2, 0.25) is 0 Å². The molecule has 0 aliphatic heterocycles. The highest BCUT2D eigenvalue weighted by molar-refractivity contribution is 5.86. The van der Waals surface area contributed by atoms with Crippen LogP contribution in [0.15, 0.2) is 36.5 Å². The van der Waals surface area contributed by atoms with E-state index in [1.54, 1.807) is 0 Å². The third-order valence-electron chi connectivity index (χ3n) is 7.94. The number of allylic oxidation sites excluding steroid dienone is 6. The second kappa shape index (κ2) is 34.6. The fourth-order valence-electron chi connectivity index (χ4n) is 5.10. The Morgan fingerprint density at radius 1 is 0.535 bits per heavy atom. The van der Waals surface area contributed by atoms with Gasteiger partial charge in [-0.25, -0.2) is 0 Å². The molecule has 0 aliphatic rings. The Morgan fingerprint density at radius 3 is 1.47 bits per heavy atom. The summed E-state index contributed by atoms with van der Waals surface area (Å²) < 4.78 is 0. The minimum atomic E-state index is -0.959. The van der Waals surface area contributed by atoms with Crippen molar-refractivity contribution in [2.24, 2.45) is 5.73 Å². The van der Waals surface area contributed by atoms with Gasteiger partial charge in [-0.3, -0.25) is 9.59 Å². The van der Waals surface area contributed by atoms with Gasteiger partial charge in [0.1, 0.15) is 0 Å². The van der Waals surface area contributed by atoms with E-state index in [-0.39, 0.29) is 11.8 Å². The zero-order valence-corrected chi connectivity index (χ0v) is 28.5. The molecule has 4 N–H and O–H groups in total. The summed E-state index contributed by atoms with van der Waals surface area (Å²) in [6, 6.07) is 0. The van der Waals surface area contributed by atoms with Gasteiger partial charge in [-0.1, -0.05) is 140 Å². The van der Waals surface area contributed by atoms with E-state index in [0.29, 0.717) is 13.0 Å². The Bertz CT molecular complexity index is 701. The van der Waals surface area contributed by atoms with Gasteiger partial charge in [-0.15, -0.1) is 0 Å². The molecule has 0 aliphatic carbocycles. The van der Waals surface area contributed by atoms with Crippen LogP contribution in [0.25, 0.3) is 0 Å². The van der Waals surface area contributed by atoms with Gasteiger partial charge in [0, 0.05) is 13.0 Å². The standard InChI is InChI=1S/C38H71N3O2/c1-3-5-7-9-11-13-15-17-19-21-23-25-27-29-31-33-35-40-38(43)37(39)41-36(42)34-32-30-28-26-24-22-20-18-16-14-12-10-8-6-4-2/h12,14,17-20,37H,3-11,13,15-16,21-35,39H2,1-2H3,(H,40,43)(H,41,42)/b14-12-,19-17-,20-18-. The van der Waals surface area contributed by atoms with Crippen molar-refractivity contribution in [2.75, 3.05) is 6.54 Å². The molecule has 2 amide bonds. The van der Waals surface area contributed by atoms with Crippen LogP contribution in [0.3, 0.4) is 0 Å². The van der Waals surface area contributed by atoms with Gasteiger partial charge in [0.25, 0.3) is 5.91 Å². The summed E-state index contributed by atoms with van der Waals surface area (Å²) in [7, 11) is 0. The summed E-state index contributed by atoms with van der Waals surface area (Å²) in [5.41, 5.74) is 5.89. The summed E-state index contributed by atoms with van der Waals surface area (Å²) >= 11 is 0. The number of carbonyl (C=O) groups is 2. The summed E-state index contributed by atoms with van der Waals surface area (Å²) in [6.45, 7) is 5.13. The van der Waals surface area contributed by atoms with Crippen molar-refractivity contribution >= 4 is 11.8 Å². The maximum Gasteiger partial charge on any atom is 0.257 e. The first-order valence-electron chi connectivity index (χ1n) is 18.4. The zero-order valence-electron chi connectivity index (χ0n) is 28.5. The highest BCUT2D eigenvalue weighted by Gasteiger charge is 2.15. The maximum atomic E-state index is 12.2. The van der Waals surface area contributed by atoms with Crippen molar-refractivity contribution < 1.29 is 9.59 Å². The third kappa shape index (κ3) is 32.9. The summed E-state index contributed by atoms with van der Waals surface area (Å²) in [6.07, 6.45) is 43.8. The SMILES string of the molecule is CCCCC/C=C\C/C=C\CCCCCCCC(=O)NC(N)C(=O)NCCCCCCCC/C=C\CCCCCCCC. The van der Waals surface area contributed by atoms with Gasteiger partial charge < -0.3 is 16.4 Å². The van der Waals surface area contributed by atoms with Gasteiger partial charge >= 0.3 is 0 Å². The van der Waals surface area contributed by atoms with Gasteiger partial charge in [-0.05, 0) is 70.6 Å². The van der Waals surface area contributed by atoms with Crippen LogP contribution in [0.1, 0.15) is 181 Å². The molecule has 0 heterocycles. The molecule has 0 aromatic rings. The van der Waals surface area contributed by atoms with Crippen LogP contribution >= 0.6 is 0 Å². The number of nitrogens with one attached hydrogen (secondary N) is 2. The minimum absolute atomic E-state index is 0.134. The topological polar surface area (TPSA) is 84.2 Å². The van der Waals surface area contributed by atoms with Crippen molar-refractivity contribution in [1.82, 2.24) is 10.6 Å². The molecule has 0 aromatic carbocycles. The van der Waals surface area contributed by atoms with Crippen molar-refractivity contribution in [3.05, 3.63) is 36.5 Å². The van der Waals surface area contributed by atoms with E-state index in [1.807, 2.05) is 0 Å². The highest BCUT2D eigenvalue weighted by atomic mass is 16.2. The van der Waals surface area contributed by atoms with Crippen molar-refractivity contribution in [1.29, 1.82) is 0 Å². The van der Waals surface area contributed by atoms with Crippen LogP contribution in [-0.4, -0.2) is 24.5 Å². The average Bonchev–Trinajstić information content (AvgIpc) is 3.00. The summed E-state index contributed by atoms with van der Waals surface area (Å²) in [5, 5.41) is 5.51. The van der Waals surface area contributed by atoms with Crippen LogP contribution in [0.4, 0.5) is 0 Å². The number of nitrogens with two attached hydrogens (primary N) is 1. The first kappa shape index (κ1) is 41.1. The molecule has 0 saturated heterocycles. The lowest BCUT2D eigenvalue weighted by Crippen LogP contribution is -2.52. The van der Waals surface area contributed by atoms with E-state index in [2.05, 4.69) is 60.9 Å². The minimum Gasteiger partial charge on any atom is -0.353 e. The van der Waals surface area contributed by atoms with Crippen LogP contribution < -0.4 is 16.4 Å². The zero-order chi connectivity index (χ0) is 31.5. The Morgan fingerprint density at radius 2 is 0.930 bits per heavy atom. The van der Waals surface area contributed by atoms with Gasteiger partial charge in [0.2, 0.25) is 5.91 Å². The monoisotopic (exact) mass is 602 g/mol. The summed E-state index contributed by atoms with van der Waals surface area (Å²) in [4.78, 5) is 24.3. The van der Waals surface area contributed by atoms with Crippen LogP contribution in [0, 0.1) is 0 Å². The van der Waals surface area contributed by atoms with Crippen LogP contribution in [-0.2, 0) is 9.59 Å². The van der Waals surface area contributed by atoms with E-state index in [4.69, 9.17) is 5.73 Å². The second-order valence-electron chi connectivity index (χ2n) is 12.3. The molecule has 1 atom stereocenters. The molecule has 5 heteroatoms. The maximum absolute atomic E-state index is 12.2. The van der Waals surface area contributed by atoms with E-state index in [1.165, 1.54) is 116 Å². The molecule has 0 bridgehead atoms. The van der Waals surface area contributed by atoms with E-state index in [9.17, 15) is 9.59 Å². The lowest BCUT2D eigenvalue weighted by Gasteiger charge is -2.14.